The molecule has 0 saturated carbocycles. The summed E-state index contributed by atoms with van der Waals surface area (Å²) >= 11 is 1.05. The lowest BCUT2D eigenvalue weighted by Crippen LogP contribution is -2.59. The molecule has 10 heteroatoms. The van der Waals surface area contributed by atoms with Gasteiger partial charge in [-0.05, 0) is 37.6 Å². The molecule has 1 saturated heterocycles. The predicted octanol–water partition coefficient (Wildman–Crippen LogP) is 4.40. The van der Waals surface area contributed by atoms with Gasteiger partial charge < -0.3 is 15.6 Å². The number of anilines is 1. The second kappa shape index (κ2) is 9.46. The van der Waals surface area contributed by atoms with Crippen molar-refractivity contribution >= 4 is 34.1 Å². The molecule has 6 nitrogen and oxygen atoms in total. The number of nitrogens with one attached hydrogen (secondary N) is 3. The fourth-order valence-electron chi connectivity index (χ4n) is 2.76. The van der Waals surface area contributed by atoms with Gasteiger partial charge >= 0.3 is 6.18 Å². The first-order valence-electron chi connectivity index (χ1n) is 9.40. The number of halogens is 3. The van der Waals surface area contributed by atoms with Gasteiger partial charge in [0.15, 0.2) is 0 Å². The van der Waals surface area contributed by atoms with Crippen LogP contribution in [0, 0.1) is 10.8 Å². The highest BCUT2D eigenvalue weighted by molar-refractivity contribution is 8.18. The number of aromatic nitrogens is 1. The van der Waals surface area contributed by atoms with Crippen LogP contribution in [-0.2, 0) is 11.0 Å². The van der Waals surface area contributed by atoms with Gasteiger partial charge in [0.1, 0.15) is 5.69 Å². The Hall–Kier alpha value is -2.62. The monoisotopic (exact) mass is 439 g/mol. The average Bonchev–Trinajstić information content (AvgIpc) is 3.06. The Labute approximate surface area is 177 Å². The van der Waals surface area contributed by atoms with Crippen LogP contribution in [0.25, 0.3) is 0 Å². The summed E-state index contributed by atoms with van der Waals surface area (Å²) < 4.78 is 37.7. The largest absolute Gasteiger partial charge is 0.433 e. The molecule has 0 atom stereocenters. The molecule has 0 aliphatic carbocycles. The van der Waals surface area contributed by atoms with E-state index in [9.17, 15) is 18.0 Å². The summed E-state index contributed by atoms with van der Waals surface area (Å²) in [5.41, 5.74) is 1.21. The minimum Gasteiger partial charge on any atom is -0.366 e. The Balaban J connectivity index is 0.00000155. The zero-order valence-corrected chi connectivity index (χ0v) is 18.0. The maximum Gasteiger partial charge on any atom is 0.433 e. The summed E-state index contributed by atoms with van der Waals surface area (Å²) in [6.07, 6.45) is -1.67. The molecule has 0 radical (unpaired) electrons. The number of alkyl halides is 3. The highest BCUT2D eigenvalue weighted by Crippen LogP contribution is 2.33. The Morgan fingerprint density at radius 2 is 1.90 bits per heavy atom. The maximum atomic E-state index is 12.6. The molecule has 0 unspecified atom stereocenters. The minimum absolute atomic E-state index is 0.135. The van der Waals surface area contributed by atoms with Crippen molar-refractivity contribution in [1.82, 2.24) is 10.3 Å². The normalized spacial score (nSPS) is 18.2. The first-order valence-corrected chi connectivity index (χ1v) is 10.2. The summed E-state index contributed by atoms with van der Waals surface area (Å²) in [4.78, 5) is 18.1. The van der Waals surface area contributed by atoms with Gasteiger partial charge in [-0.25, -0.2) is 4.98 Å². The Kier molecular flexibility index (Phi) is 7.46. The second-order valence-corrected chi connectivity index (χ2v) is 7.63. The van der Waals surface area contributed by atoms with Gasteiger partial charge in [0.2, 0.25) is 0 Å². The van der Waals surface area contributed by atoms with Crippen LogP contribution in [0.15, 0.2) is 40.5 Å². The highest BCUT2D eigenvalue weighted by atomic mass is 32.2. The topological polar surface area (TPSA) is 92.9 Å². The number of hydrogen-bond donors (Lipinski definition) is 3. The first-order chi connectivity index (χ1) is 14.1. The van der Waals surface area contributed by atoms with Crippen LogP contribution in [0.4, 0.5) is 18.9 Å². The third-order valence-corrected chi connectivity index (χ3v) is 5.49. The van der Waals surface area contributed by atoms with Gasteiger partial charge in [0.25, 0.3) is 5.91 Å². The molecular formula is C20H24F3N5OS. The molecule has 1 aromatic rings. The van der Waals surface area contributed by atoms with Crippen LogP contribution in [0.2, 0.25) is 0 Å². The molecular weight excluding hydrogens is 415 g/mol. The lowest BCUT2D eigenvalue weighted by Gasteiger charge is -2.41. The number of amides is 1. The number of hydrogen-bond acceptors (Lipinski definition) is 6. The number of carbonyl (C=O) groups is 1. The van der Waals surface area contributed by atoms with Crippen molar-refractivity contribution in [2.45, 2.75) is 39.9 Å². The van der Waals surface area contributed by atoms with Crippen LogP contribution >= 0.6 is 11.8 Å². The third kappa shape index (κ3) is 5.29. The smallest absolute Gasteiger partial charge is 0.366 e. The summed E-state index contributed by atoms with van der Waals surface area (Å²) in [6.45, 7) is 8.31. The van der Waals surface area contributed by atoms with Crippen LogP contribution < -0.4 is 10.2 Å². The molecule has 1 aromatic heterocycles. The third-order valence-electron chi connectivity index (χ3n) is 4.54. The lowest BCUT2D eigenvalue weighted by atomic mass is 10.1. The lowest BCUT2D eigenvalue weighted by molar-refractivity contribution is -0.141. The molecule has 30 heavy (non-hydrogen) atoms. The Bertz CT molecular complexity index is 900. The minimum atomic E-state index is -4.47. The van der Waals surface area contributed by atoms with Gasteiger partial charge in [-0.1, -0.05) is 25.6 Å². The number of allylic oxidation sites excluding steroid dienone is 2. The highest BCUT2D eigenvalue weighted by Gasteiger charge is 2.34. The molecule has 2 aliphatic heterocycles. The standard InChI is InChI=1S/C18H18F3N5OS.C2H6/c1-9(10(2)22)13-5-14(28-16(13)23)17(27)25-11-7-26(8-11)12-3-4-15(24-6-12)18(19,20)21;1-2/h3-6,11,22-23H,7-8H2,1-2H3,(H,25,27);1-2H3/b13-9-,22-10?,23-16?;. The molecule has 0 spiro atoms. The molecule has 1 fully saturated rings. The van der Waals surface area contributed by atoms with Gasteiger partial charge in [0, 0.05) is 24.4 Å². The second-order valence-electron chi connectivity index (χ2n) is 6.58. The van der Waals surface area contributed by atoms with Crippen LogP contribution in [0.1, 0.15) is 33.4 Å². The molecule has 3 N–H and O–H groups in total. The molecule has 1 amide bonds. The van der Waals surface area contributed by atoms with Crippen molar-refractivity contribution in [2.75, 3.05) is 18.0 Å². The zero-order chi connectivity index (χ0) is 22.6. The zero-order valence-electron chi connectivity index (χ0n) is 17.1. The molecule has 3 rings (SSSR count). The van der Waals surface area contributed by atoms with E-state index in [0.29, 0.717) is 40.5 Å². The van der Waals surface area contributed by atoms with E-state index >= 15 is 0 Å². The van der Waals surface area contributed by atoms with Gasteiger partial charge in [-0.15, -0.1) is 0 Å². The van der Waals surface area contributed by atoms with E-state index in [1.807, 2.05) is 18.7 Å². The van der Waals surface area contributed by atoms with Gasteiger partial charge in [-0.2, -0.15) is 13.2 Å². The van der Waals surface area contributed by atoms with Crippen molar-refractivity contribution in [2.24, 2.45) is 0 Å². The number of rotatable bonds is 4. The molecule has 2 aliphatic rings. The number of carbonyl (C=O) groups excluding carboxylic acids is 1. The number of pyridine rings is 1. The fourth-order valence-corrected chi connectivity index (χ4v) is 3.63. The first kappa shape index (κ1) is 23.7. The number of thioether (sulfide) groups is 1. The number of nitrogens with zero attached hydrogens (tertiary/aromatic N) is 2. The molecule has 162 valence electrons. The van der Waals surface area contributed by atoms with Gasteiger partial charge in [-0.3, -0.25) is 10.2 Å². The summed E-state index contributed by atoms with van der Waals surface area (Å²) in [5.74, 6) is -0.296. The predicted molar refractivity (Wildman–Crippen MR) is 114 cm³/mol. The fraction of sp³-hybridized carbons (Fsp3) is 0.400. The molecule has 0 bridgehead atoms. The van der Waals surface area contributed by atoms with Crippen molar-refractivity contribution in [3.8, 4) is 0 Å². The van der Waals surface area contributed by atoms with E-state index in [1.165, 1.54) is 12.3 Å². The van der Waals surface area contributed by atoms with E-state index in [2.05, 4.69) is 10.3 Å². The quantitative estimate of drug-likeness (QED) is 0.607. The van der Waals surface area contributed by atoms with E-state index in [-0.39, 0.29) is 17.0 Å². The van der Waals surface area contributed by atoms with Crippen molar-refractivity contribution in [1.29, 1.82) is 10.8 Å². The Morgan fingerprint density at radius 3 is 2.40 bits per heavy atom. The van der Waals surface area contributed by atoms with E-state index in [0.717, 1.165) is 17.8 Å². The van der Waals surface area contributed by atoms with Gasteiger partial charge in [0.05, 0.1) is 27.9 Å². The van der Waals surface area contributed by atoms with Crippen LogP contribution in [0.5, 0.6) is 0 Å². The summed E-state index contributed by atoms with van der Waals surface area (Å²) in [5, 5.41) is 18.7. The van der Waals surface area contributed by atoms with Crippen LogP contribution in [0.3, 0.4) is 0 Å². The van der Waals surface area contributed by atoms with E-state index < -0.39 is 11.9 Å². The Morgan fingerprint density at radius 1 is 1.27 bits per heavy atom. The molecule has 3 heterocycles. The average molecular weight is 440 g/mol. The van der Waals surface area contributed by atoms with E-state index in [1.54, 1.807) is 19.9 Å². The molecule has 0 aromatic carbocycles. The maximum absolute atomic E-state index is 12.6. The van der Waals surface area contributed by atoms with Crippen molar-refractivity contribution in [3.05, 3.63) is 46.2 Å². The SMILES string of the molecule is CC.CC(=N)/C(C)=C1/C=C(C(=O)NC2CN(c3ccc(C(F)(F)F)nc3)C2)SC1=N. The van der Waals surface area contributed by atoms with E-state index in [4.69, 9.17) is 10.8 Å². The summed E-state index contributed by atoms with van der Waals surface area (Å²) in [7, 11) is 0. The summed E-state index contributed by atoms with van der Waals surface area (Å²) in [6, 6.07) is 2.17. The van der Waals surface area contributed by atoms with Crippen molar-refractivity contribution < 1.29 is 18.0 Å². The van der Waals surface area contributed by atoms with Crippen molar-refractivity contribution in [3.63, 3.8) is 0 Å². The van der Waals surface area contributed by atoms with Crippen LogP contribution in [-0.4, -0.2) is 40.8 Å².